The normalized spacial score (nSPS) is 11.1. The molecule has 0 bridgehead atoms. The highest BCUT2D eigenvalue weighted by Crippen LogP contribution is 2.25. The molecule has 2 aromatic heterocycles. The number of hydrogen-bond donors (Lipinski definition) is 1. The first-order valence-electron chi connectivity index (χ1n) is 8.65. The third-order valence-electron chi connectivity index (χ3n) is 4.43. The molecule has 0 aliphatic rings. The van der Waals surface area contributed by atoms with Gasteiger partial charge in [-0.05, 0) is 42.8 Å². The topological polar surface area (TPSA) is 84.9 Å². The van der Waals surface area contributed by atoms with Gasteiger partial charge in [0, 0.05) is 5.39 Å². The maximum atomic E-state index is 12.4. The Morgan fingerprint density at radius 2 is 1.89 bits per heavy atom. The quantitative estimate of drug-likeness (QED) is 0.420. The number of aromatic nitrogens is 3. The van der Waals surface area contributed by atoms with Gasteiger partial charge < -0.3 is 9.72 Å². The van der Waals surface area contributed by atoms with Crippen LogP contribution < -0.4 is 5.56 Å². The Bertz CT molecular complexity index is 1270. The monoisotopic (exact) mass is 391 g/mol. The first-order chi connectivity index (χ1) is 13.5. The van der Waals surface area contributed by atoms with Crippen molar-refractivity contribution in [1.82, 2.24) is 15.0 Å². The molecular formula is C21H17N3O3S. The van der Waals surface area contributed by atoms with E-state index >= 15 is 0 Å². The van der Waals surface area contributed by atoms with Gasteiger partial charge in [0.1, 0.15) is 5.82 Å². The van der Waals surface area contributed by atoms with Gasteiger partial charge in [-0.25, -0.2) is 14.8 Å². The fraction of sp³-hybridized carbons (Fsp3) is 0.143. The molecule has 1 N–H and O–H groups in total. The van der Waals surface area contributed by atoms with E-state index in [1.807, 2.05) is 30.3 Å². The number of nitrogens with zero attached hydrogens (tertiary/aromatic N) is 2. The highest BCUT2D eigenvalue weighted by Gasteiger charge is 2.11. The zero-order chi connectivity index (χ0) is 19.7. The molecule has 0 fully saturated rings. The summed E-state index contributed by atoms with van der Waals surface area (Å²) in [6.45, 7) is 2.05. The second-order valence-corrected chi connectivity index (χ2v) is 7.31. The van der Waals surface area contributed by atoms with Crippen LogP contribution in [0.25, 0.3) is 21.8 Å². The number of ether oxygens (including phenoxy) is 1. The Labute approximate surface area is 165 Å². The summed E-state index contributed by atoms with van der Waals surface area (Å²) in [6.07, 6.45) is 0. The van der Waals surface area contributed by atoms with Crippen LogP contribution >= 0.6 is 11.8 Å². The third-order valence-corrected chi connectivity index (χ3v) is 5.36. The Balaban J connectivity index is 1.64. The van der Waals surface area contributed by atoms with E-state index in [1.165, 1.54) is 18.9 Å². The number of esters is 1. The van der Waals surface area contributed by atoms with E-state index in [4.69, 9.17) is 4.74 Å². The largest absolute Gasteiger partial charge is 0.465 e. The number of H-pyrrole nitrogens is 1. The summed E-state index contributed by atoms with van der Waals surface area (Å²) >= 11 is 1.50. The SMILES string of the molecule is COC(=O)c1ccc2c(=O)[nH]c(CSc3cc(C)c4ccccc4n3)nc2c1. The molecule has 0 radical (unpaired) electrons. The molecule has 7 heteroatoms. The van der Waals surface area contributed by atoms with Crippen molar-refractivity contribution in [2.24, 2.45) is 0 Å². The molecule has 0 saturated carbocycles. The average molecular weight is 391 g/mol. The minimum Gasteiger partial charge on any atom is -0.465 e. The van der Waals surface area contributed by atoms with Gasteiger partial charge in [0.05, 0.1) is 39.9 Å². The number of fused-ring (bicyclic) bond motifs is 2. The molecule has 2 aromatic carbocycles. The summed E-state index contributed by atoms with van der Waals surface area (Å²) in [5, 5.41) is 2.42. The summed E-state index contributed by atoms with van der Waals surface area (Å²) in [4.78, 5) is 36.1. The van der Waals surface area contributed by atoms with Gasteiger partial charge in [-0.1, -0.05) is 30.0 Å². The molecule has 0 unspecified atom stereocenters. The molecule has 28 heavy (non-hydrogen) atoms. The predicted octanol–water partition coefficient (Wildman–Crippen LogP) is 3.86. The van der Waals surface area contributed by atoms with Crippen molar-refractivity contribution in [2.75, 3.05) is 7.11 Å². The van der Waals surface area contributed by atoms with Gasteiger partial charge in [0.25, 0.3) is 5.56 Å². The lowest BCUT2D eigenvalue weighted by molar-refractivity contribution is 0.0601. The number of rotatable bonds is 4. The van der Waals surface area contributed by atoms with E-state index in [-0.39, 0.29) is 5.56 Å². The van der Waals surface area contributed by atoms with Crippen LogP contribution in [0.15, 0.2) is 58.4 Å². The van der Waals surface area contributed by atoms with Crippen LogP contribution in [0.4, 0.5) is 0 Å². The van der Waals surface area contributed by atoms with Gasteiger partial charge in [-0.2, -0.15) is 0 Å². The lowest BCUT2D eigenvalue weighted by Gasteiger charge is -2.07. The van der Waals surface area contributed by atoms with E-state index in [9.17, 15) is 9.59 Å². The summed E-state index contributed by atoms with van der Waals surface area (Å²) < 4.78 is 4.73. The van der Waals surface area contributed by atoms with E-state index in [0.29, 0.717) is 28.0 Å². The van der Waals surface area contributed by atoms with Crippen molar-refractivity contribution >= 4 is 39.5 Å². The first kappa shape index (κ1) is 18.2. The lowest BCUT2D eigenvalue weighted by Crippen LogP contribution is -2.12. The zero-order valence-electron chi connectivity index (χ0n) is 15.4. The highest BCUT2D eigenvalue weighted by molar-refractivity contribution is 7.98. The molecule has 0 atom stereocenters. The molecule has 0 aliphatic carbocycles. The van der Waals surface area contributed by atoms with Crippen LogP contribution in [-0.4, -0.2) is 28.0 Å². The molecule has 2 heterocycles. The maximum Gasteiger partial charge on any atom is 0.337 e. The van der Waals surface area contributed by atoms with Crippen LogP contribution in [0.5, 0.6) is 0 Å². The van der Waals surface area contributed by atoms with Gasteiger partial charge in [0.15, 0.2) is 0 Å². The number of thioether (sulfide) groups is 1. The number of pyridine rings is 1. The Morgan fingerprint density at radius 3 is 2.71 bits per heavy atom. The second kappa shape index (κ2) is 7.44. The van der Waals surface area contributed by atoms with Crippen molar-refractivity contribution in [3.63, 3.8) is 0 Å². The standard InChI is InChI=1S/C21H17N3O3S/c1-12-9-19(23-16-6-4-3-5-14(12)16)28-11-18-22-17-10-13(21(26)27-2)7-8-15(17)20(25)24-18/h3-10H,11H2,1-2H3,(H,22,24,25). The highest BCUT2D eigenvalue weighted by atomic mass is 32.2. The number of para-hydroxylation sites is 1. The Kier molecular flexibility index (Phi) is 4.83. The van der Waals surface area contributed by atoms with E-state index in [0.717, 1.165) is 21.5 Å². The third kappa shape index (κ3) is 3.48. The van der Waals surface area contributed by atoms with Crippen molar-refractivity contribution in [3.8, 4) is 0 Å². The van der Waals surface area contributed by atoms with Crippen LogP contribution in [0.3, 0.4) is 0 Å². The fourth-order valence-electron chi connectivity index (χ4n) is 3.04. The van der Waals surface area contributed by atoms with E-state index in [1.54, 1.807) is 18.2 Å². The van der Waals surface area contributed by atoms with Gasteiger partial charge in [0.2, 0.25) is 0 Å². The molecule has 4 rings (SSSR count). The molecule has 0 spiro atoms. The number of methoxy groups -OCH3 is 1. The first-order valence-corrected chi connectivity index (χ1v) is 9.64. The number of aromatic amines is 1. The van der Waals surface area contributed by atoms with Crippen molar-refractivity contribution in [1.29, 1.82) is 0 Å². The Morgan fingerprint density at radius 1 is 1.07 bits per heavy atom. The Hall–Kier alpha value is -3.19. The summed E-state index contributed by atoms with van der Waals surface area (Å²) in [5.41, 5.74) is 2.67. The molecular weight excluding hydrogens is 374 g/mol. The molecule has 0 amide bonds. The molecule has 4 aromatic rings. The minimum absolute atomic E-state index is 0.236. The van der Waals surface area contributed by atoms with Crippen LogP contribution in [0.1, 0.15) is 21.7 Å². The number of carbonyl (C=O) groups excluding carboxylic acids is 1. The van der Waals surface area contributed by atoms with Gasteiger partial charge in [-0.3, -0.25) is 4.79 Å². The van der Waals surface area contributed by atoms with Crippen molar-refractivity contribution < 1.29 is 9.53 Å². The fourth-order valence-corrected chi connectivity index (χ4v) is 3.88. The van der Waals surface area contributed by atoms with Crippen molar-refractivity contribution in [3.05, 3.63) is 75.8 Å². The maximum absolute atomic E-state index is 12.4. The predicted molar refractivity (Wildman–Crippen MR) is 110 cm³/mol. The number of nitrogens with one attached hydrogen (secondary N) is 1. The number of benzene rings is 2. The molecule has 0 aliphatic heterocycles. The summed E-state index contributed by atoms with van der Waals surface area (Å²) in [5.74, 6) is 0.520. The number of carbonyl (C=O) groups is 1. The summed E-state index contributed by atoms with van der Waals surface area (Å²) in [6, 6.07) is 14.7. The van der Waals surface area contributed by atoms with Crippen LogP contribution in [0, 0.1) is 6.92 Å². The second-order valence-electron chi connectivity index (χ2n) is 6.32. The number of aryl methyl sites for hydroxylation is 1. The minimum atomic E-state index is -0.462. The zero-order valence-corrected chi connectivity index (χ0v) is 16.2. The van der Waals surface area contributed by atoms with Gasteiger partial charge >= 0.3 is 5.97 Å². The summed E-state index contributed by atoms with van der Waals surface area (Å²) in [7, 11) is 1.32. The number of hydrogen-bond acceptors (Lipinski definition) is 6. The van der Waals surface area contributed by atoms with Crippen LogP contribution in [-0.2, 0) is 10.5 Å². The van der Waals surface area contributed by atoms with Crippen molar-refractivity contribution in [2.45, 2.75) is 17.7 Å². The average Bonchev–Trinajstić information content (AvgIpc) is 2.71. The molecule has 140 valence electrons. The molecule has 0 saturated heterocycles. The van der Waals surface area contributed by atoms with Gasteiger partial charge in [-0.15, -0.1) is 0 Å². The van der Waals surface area contributed by atoms with E-state index in [2.05, 4.69) is 21.9 Å². The van der Waals surface area contributed by atoms with E-state index < -0.39 is 5.97 Å². The molecule has 6 nitrogen and oxygen atoms in total. The lowest BCUT2D eigenvalue weighted by atomic mass is 10.1. The van der Waals surface area contributed by atoms with Crippen LogP contribution in [0.2, 0.25) is 0 Å². The smallest absolute Gasteiger partial charge is 0.337 e.